The van der Waals surface area contributed by atoms with Crippen LogP contribution in [-0.2, 0) is 12.3 Å². The fraction of sp³-hybridized carbons (Fsp3) is 0.300. The minimum atomic E-state index is -0.143. The average molecular weight is 447 g/mol. The third-order valence-electron chi connectivity index (χ3n) is 4.51. The van der Waals surface area contributed by atoms with Gasteiger partial charge in [0.25, 0.3) is 11.1 Å². The summed E-state index contributed by atoms with van der Waals surface area (Å²) in [6.07, 6.45) is 0.865. The van der Waals surface area contributed by atoms with E-state index in [1.54, 1.807) is 22.8 Å². The zero-order chi connectivity index (χ0) is 20.5. The van der Waals surface area contributed by atoms with Crippen LogP contribution in [0.15, 0.2) is 44.4 Å². The van der Waals surface area contributed by atoms with Gasteiger partial charge >= 0.3 is 0 Å². The normalized spacial score (nSPS) is 11.7. The average Bonchev–Trinajstić information content (AvgIpc) is 3.14. The number of nitrogens with zero attached hydrogens (tertiary/aromatic N) is 3. The lowest BCUT2D eigenvalue weighted by Gasteiger charge is -2.14. The molecule has 0 aliphatic heterocycles. The third kappa shape index (κ3) is 4.24. The van der Waals surface area contributed by atoms with E-state index in [0.717, 1.165) is 6.42 Å². The predicted octanol–water partition coefficient (Wildman–Crippen LogP) is 4.69. The molecule has 4 aromatic rings. The number of nitrogens with one attached hydrogen (secondary N) is 1. The Hall–Kier alpha value is -2.16. The van der Waals surface area contributed by atoms with Crippen molar-refractivity contribution < 1.29 is 0 Å². The van der Waals surface area contributed by atoms with Crippen LogP contribution in [0.3, 0.4) is 0 Å². The summed E-state index contributed by atoms with van der Waals surface area (Å²) in [7, 11) is 0. The maximum absolute atomic E-state index is 13.1. The minimum Gasteiger partial charge on any atom is -0.309 e. The summed E-state index contributed by atoms with van der Waals surface area (Å²) in [5.41, 5.74) is 1.03. The first-order valence-electron chi connectivity index (χ1n) is 9.21. The molecule has 1 aromatic carbocycles. The first kappa shape index (κ1) is 20.1. The lowest BCUT2D eigenvalue weighted by atomic mass is 10.1. The number of aromatic amines is 1. The Labute approximate surface area is 180 Å². The molecule has 4 rings (SSSR count). The Morgan fingerprint density at radius 2 is 2.03 bits per heavy atom. The van der Waals surface area contributed by atoms with Crippen molar-refractivity contribution in [2.75, 3.05) is 0 Å². The number of halogens is 1. The Balaban J connectivity index is 1.72. The van der Waals surface area contributed by atoms with Crippen LogP contribution in [0.5, 0.6) is 0 Å². The van der Waals surface area contributed by atoms with Crippen molar-refractivity contribution in [3.05, 3.63) is 61.2 Å². The van der Waals surface area contributed by atoms with Crippen molar-refractivity contribution in [3.63, 3.8) is 0 Å². The SMILES string of the molecule is CC(C)CCn1c(SCc2nc3ccsc3c(=O)[nH]2)nc2cc(Cl)ccc2c1=O. The summed E-state index contributed by atoms with van der Waals surface area (Å²) in [5, 5.41) is 3.53. The number of fused-ring (bicyclic) bond motifs is 2. The van der Waals surface area contributed by atoms with Crippen LogP contribution in [0.25, 0.3) is 21.1 Å². The molecule has 0 aliphatic rings. The zero-order valence-electron chi connectivity index (χ0n) is 15.9. The fourth-order valence-corrected chi connectivity index (χ4v) is 4.78. The number of thiophene rings is 1. The van der Waals surface area contributed by atoms with Gasteiger partial charge in [-0.25, -0.2) is 9.97 Å². The number of hydrogen-bond acceptors (Lipinski definition) is 6. The molecule has 29 heavy (non-hydrogen) atoms. The van der Waals surface area contributed by atoms with Gasteiger partial charge in [0, 0.05) is 11.6 Å². The molecule has 1 N–H and O–H groups in total. The second-order valence-electron chi connectivity index (χ2n) is 7.13. The van der Waals surface area contributed by atoms with Crippen LogP contribution in [0.2, 0.25) is 5.02 Å². The van der Waals surface area contributed by atoms with Crippen LogP contribution in [0, 0.1) is 5.92 Å². The monoisotopic (exact) mass is 446 g/mol. The molecule has 9 heteroatoms. The zero-order valence-corrected chi connectivity index (χ0v) is 18.3. The molecule has 0 saturated heterocycles. The molecule has 0 fully saturated rings. The lowest BCUT2D eigenvalue weighted by Crippen LogP contribution is -2.24. The van der Waals surface area contributed by atoms with E-state index in [2.05, 4.69) is 28.8 Å². The molecule has 0 unspecified atom stereocenters. The van der Waals surface area contributed by atoms with Crippen molar-refractivity contribution >= 4 is 55.8 Å². The Morgan fingerprint density at radius 1 is 1.21 bits per heavy atom. The first-order chi connectivity index (χ1) is 13.9. The highest BCUT2D eigenvalue weighted by Gasteiger charge is 2.14. The molecule has 0 atom stereocenters. The van der Waals surface area contributed by atoms with Crippen LogP contribution in [0.4, 0.5) is 0 Å². The number of H-pyrrole nitrogens is 1. The van der Waals surface area contributed by atoms with Crippen molar-refractivity contribution in [3.8, 4) is 0 Å². The molecule has 0 spiro atoms. The van der Waals surface area contributed by atoms with E-state index >= 15 is 0 Å². The lowest BCUT2D eigenvalue weighted by molar-refractivity contribution is 0.481. The van der Waals surface area contributed by atoms with Crippen molar-refractivity contribution in [2.24, 2.45) is 5.92 Å². The molecular weight excluding hydrogens is 428 g/mol. The predicted molar refractivity (Wildman–Crippen MR) is 120 cm³/mol. The number of rotatable bonds is 6. The van der Waals surface area contributed by atoms with E-state index in [-0.39, 0.29) is 11.1 Å². The van der Waals surface area contributed by atoms with Gasteiger partial charge in [0.1, 0.15) is 10.5 Å². The first-order valence-corrected chi connectivity index (χ1v) is 11.5. The topological polar surface area (TPSA) is 80.6 Å². The van der Waals surface area contributed by atoms with Crippen molar-refractivity contribution in [2.45, 2.75) is 37.7 Å². The quantitative estimate of drug-likeness (QED) is 0.343. The number of benzene rings is 1. The van der Waals surface area contributed by atoms with Crippen LogP contribution >= 0.6 is 34.7 Å². The number of hydrogen-bond donors (Lipinski definition) is 1. The van der Waals surface area contributed by atoms with Gasteiger partial charge in [-0.05, 0) is 42.0 Å². The van der Waals surface area contributed by atoms with E-state index in [9.17, 15) is 9.59 Å². The highest BCUT2D eigenvalue weighted by Crippen LogP contribution is 2.24. The highest BCUT2D eigenvalue weighted by molar-refractivity contribution is 7.98. The summed E-state index contributed by atoms with van der Waals surface area (Å²) in [5.74, 6) is 1.42. The Kier molecular flexibility index (Phi) is 5.76. The van der Waals surface area contributed by atoms with Gasteiger partial charge < -0.3 is 4.98 Å². The van der Waals surface area contributed by atoms with E-state index in [1.807, 2.05) is 11.4 Å². The molecule has 3 aromatic heterocycles. The molecule has 0 amide bonds. The standard InChI is InChI=1S/C20H19ClN4O2S2/c1-11(2)5-7-25-19(27)13-4-3-12(21)9-15(13)23-20(25)29-10-16-22-14-6-8-28-17(14)18(26)24-16/h3-4,6,8-9,11H,5,7,10H2,1-2H3,(H,22,24,26). The van der Waals surface area contributed by atoms with Gasteiger partial charge in [-0.2, -0.15) is 0 Å². The van der Waals surface area contributed by atoms with Gasteiger partial charge in [-0.1, -0.05) is 37.2 Å². The van der Waals surface area contributed by atoms with Gasteiger partial charge in [0.2, 0.25) is 0 Å². The number of aromatic nitrogens is 4. The maximum Gasteiger partial charge on any atom is 0.268 e. The molecule has 0 aliphatic carbocycles. The van der Waals surface area contributed by atoms with Crippen LogP contribution < -0.4 is 11.1 Å². The van der Waals surface area contributed by atoms with E-state index in [1.165, 1.54) is 23.1 Å². The summed E-state index contributed by atoms with van der Waals surface area (Å²) < 4.78 is 2.33. The van der Waals surface area contributed by atoms with E-state index < -0.39 is 0 Å². The highest BCUT2D eigenvalue weighted by atomic mass is 35.5. The summed E-state index contributed by atoms with van der Waals surface area (Å²) in [6.45, 7) is 4.82. The van der Waals surface area contributed by atoms with E-state index in [4.69, 9.17) is 11.6 Å². The molecule has 0 bridgehead atoms. The second-order valence-corrected chi connectivity index (χ2v) is 9.43. The van der Waals surface area contributed by atoms with Crippen LogP contribution in [0.1, 0.15) is 26.1 Å². The molecule has 6 nitrogen and oxygen atoms in total. The summed E-state index contributed by atoms with van der Waals surface area (Å²) >= 11 is 8.85. The second kappa shape index (κ2) is 8.30. The van der Waals surface area contributed by atoms with Crippen molar-refractivity contribution in [1.82, 2.24) is 19.5 Å². The Morgan fingerprint density at radius 3 is 2.83 bits per heavy atom. The minimum absolute atomic E-state index is 0.0791. The van der Waals surface area contributed by atoms with E-state index in [0.29, 0.717) is 55.3 Å². The van der Waals surface area contributed by atoms with Gasteiger partial charge in [-0.3, -0.25) is 14.2 Å². The van der Waals surface area contributed by atoms with Gasteiger partial charge in [-0.15, -0.1) is 11.3 Å². The van der Waals surface area contributed by atoms with Crippen LogP contribution in [-0.4, -0.2) is 19.5 Å². The fourth-order valence-electron chi connectivity index (χ4n) is 2.99. The molecule has 0 radical (unpaired) electrons. The van der Waals surface area contributed by atoms with Crippen molar-refractivity contribution in [1.29, 1.82) is 0 Å². The molecule has 150 valence electrons. The summed E-state index contributed by atoms with van der Waals surface area (Å²) in [6, 6.07) is 6.96. The third-order valence-corrected chi connectivity index (χ3v) is 6.64. The molecular formula is C20H19ClN4O2S2. The summed E-state index contributed by atoms with van der Waals surface area (Å²) in [4.78, 5) is 37.3. The van der Waals surface area contributed by atoms with Gasteiger partial charge in [0.05, 0.1) is 22.2 Å². The largest absolute Gasteiger partial charge is 0.309 e. The smallest absolute Gasteiger partial charge is 0.268 e. The molecule has 3 heterocycles. The Bertz CT molecular complexity index is 1310. The number of thioether (sulfide) groups is 1. The molecule has 0 saturated carbocycles. The van der Waals surface area contributed by atoms with Gasteiger partial charge in [0.15, 0.2) is 5.16 Å². The maximum atomic E-state index is 13.1.